The summed E-state index contributed by atoms with van der Waals surface area (Å²) in [6.45, 7) is 6.07. The highest BCUT2D eigenvalue weighted by Crippen LogP contribution is 2.28. The Morgan fingerprint density at radius 2 is 1.68 bits per heavy atom. The first-order valence-electron chi connectivity index (χ1n) is 6.43. The molecule has 1 aromatic heterocycles. The van der Waals surface area contributed by atoms with E-state index in [1.807, 2.05) is 51.1 Å². The predicted molar refractivity (Wildman–Crippen MR) is 78.7 cm³/mol. The third-order valence-corrected chi connectivity index (χ3v) is 3.45. The lowest BCUT2D eigenvalue weighted by Gasteiger charge is -2.17. The molecule has 3 rings (SSSR count). The summed E-state index contributed by atoms with van der Waals surface area (Å²) in [5.41, 5.74) is 0.912. The van der Waals surface area contributed by atoms with Gasteiger partial charge in [0.2, 0.25) is 0 Å². The Kier molecular flexibility index (Phi) is 2.49. The molecule has 2 aromatic carbocycles. The average Bonchev–Trinajstić information content (AvgIpc) is 2.36. The second-order valence-corrected chi connectivity index (χ2v) is 5.90. The van der Waals surface area contributed by atoms with Crippen LogP contribution in [0.4, 0.5) is 0 Å². The molecule has 19 heavy (non-hydrogen) atoms. The first kappa shape index (κ1) is 12.0. The summed E-state index contributed by atoms with van der Waals surface area (Å²) in [5, 5.41) is 3.28. The molecule has 2 nitrogen and oxygen atoms in total. The fraction of sp³-hybridized carbons (Fsp3) is 0.235. The average molecular weight is 252 g/mol. The molecule has 0 amide bonds. The summed E-state index contributed by atoms with van der Waals surface area (Å²) in [7, 11) is 0. The molecule has 0 fully saturated rings. The van der Waals surface area contributed by atoms with E-state index in [0.717, 1.165) is 21.7 Å². The standard InChI is InChI=1S/C17H16O2/c1-17(2,3)14-10-13-12-7-5-4-6-11(12)8-9-15(13)19-16(14)18/h4-10H,1-3H3. The monoisotopic (exact) mass is 252 g/mol. The quantitative estimate of drug-likeness (QED) is 0.442. The molecule has 2 heteroatoms. The van der Waals surface area contributed by atoms with Crippen LogP contribution in [-0.2, 0) is 5.41 Å². The van der Waals surface area contributed by atoms with Crippen LogP contribution in [0.2, 0.25) is 0 Å². The molecule has 0 bridgehead atoms. The van der Waals surface area contributed by atoms with Gasteiger partial charge < -0.3 is 4.42 Å². The molecule has 0 aliphatic heterocycles. The topological polar surface area (TPSA) is 30.2 Å². The van der Waals surface area contributed by atoms with Crippen molar-refractivity contribution >= 4 is 21.7 Å². The van der Waals surface area contributed by atoms with E-state index in [2.05, 4.69) is 12.1 Å². The summed E-state index contributed by atoms with van der Waals surface area (Å²) in [5.74, 6) is 0. The van der Waals surface area contributed by atoms with Gasteiger partial charge in [-0.15, -0.1) is 0 Å². The van der Waals surface area contributed by atoms with Crippen molar-refractivity contribution in [1.29, 1.82) is 0 Å². The molecular formula is C17H16O2. The summed E-state index contributed by atoms with van der Waals surface area (Å²) in [4.78, 5) is 12.0. The zero-order valence-electron chi connectivity index (χ0n) is 11.4. The summed E-state index contributed by atoms with van der Waals surface area (Å²) >= 11 is 0. The lowest BCUT2D eigenvalue weighted by molar-refractivity contribution is 0.502. The van der Waals surface area contributed by atoms with E-state index in [9.17, 15) is 4.79 Å². The number of fused-ring (bicyclic) bond motifs is 3. The first-order valence-corrected chi connectivity index (χ1v) is 6.43. The Bertz CT molecular complexity index is 820. The Balaban J connectivity index is 2.49. The molecule has 0 N–H and O–H groups in total. The van der Waals surface area contributed by atoms with Crippen LogP contribution in [-0.4, -0.2) is 0 Å². The molecule has 0 atom stereocenters. The largest absolute Gasteiger partial charge is 0.422 e. The van der Waals surface area contributed by atoms with Crippen molar-refractivity contribution in [2.24, 2.45) is 0 Å². The van der Waals surface area contributed by atoms with Crippen molar-refractivity contribution in [2.45, 2.75) is 26.2 Å². The smallest absolute Gasteiger partial charge is 0.339 e. The zero-order chi connectivity index (χ0) is 13.6. The van der Waals surface area contributed by atoms with Gasteiger partial charge in [0.05, 0.1) is 0 Å². The van der Waals surface area contributed by atoms with Crippen LogP contribution in [0.15, 0.2) is 51.7 Å². The first-order chi connectivity index (χ1) is 8.97. The van der Waals surface area contributed by atoms with E-state index in [0.29, 0.717) is 5.58 Å². The zero-order valence-corrected chi connectivity index (χ0v) is 11.4. The molecule has 0 saturated carbocycles. The number of rotatable bonds is 0. The van der Waals surface area contributed by atoms with E-state index in [-0.39, 0.29) is 11.0 Å². The maximum atomic E-state index is 12.0. The van der Waals surface area contributed by atoms with Gasteiger partial charge in [0.1, 0.15) is 5.58 Å². The molecule has 0 aliphatic carbocycles. The van der Waals surface area contributed by atoms with Gasteiger partial charge in [-0.25, -0.2) is 4.79 Å². The third-order valence-electron chi connectivity index (χ3n) is 3.45. The van der Waals surface area contributed by atoms with Crippen LogP contribution in [0.5, 0.6) is 0 Å². The van der Waals surface area contributed by atoms with E-state index in [1.165, 1.54) is 0 Å². The maximum absolute atomic E-state index is 12.0. The van der Waals surface area contributed by atoms with Crippen molar-refractivity contribution in [2.75, 3.05) is 0 Å². The van der Waals surface area contributed by atoms with Crippen molar-refractivity contribution in [1.82, 2.24) is 0 Å². The van der Waals surface area contributed by atoms with Crippen LogP contribution in [0.25, 0.3) is 21.7 Å². The molecule has 0 spiro atoms. The van der Waals surface area contributed by atoms with E-state index in [4.69, 9.17) is 4.42 Å². The van der Waals surface area contributed by atoms with Gasteiger partial charge in [-0.3, -0.25) is 0 Å². The Hall–Kier alpha value is -2.09. The minimum Gasteiger partial charge on any atom is -0.422 e. The van der Waals surface area contributed by atoms with Gasteiger partial charge >= 0.3 is 5.63 Å². The Morgan fingerprint density at radius 1 is 0.947 bits per heavy atom. The van der Waals surface area contributed by atoms with Gasteiger partial charge in [0.15, 0.2) is 0 Å². The van der Waals surface area contributed by atoms with Crippen LogP contribution in [0.3, 0.4) is 0 Å². The second kappa shape index (κ2) is 3.95. The third kappa shape index (κ3) is 1.93. The van der Waals surface area contributed by atoms with Crippen LogP contribution in [0, 0.1) is 0 Å². The highest BCUT2D eigenvalue weighted by molar-refractivity contribution is 6.05. The van der Waals surface area contributed by atoms with Gasteiger partial charge in [0, 0.05) is 10.9 Å². The minimum atomic E-state index is -0.240. The van der Waals surface area contributed by atoms with Gasteiger partial charge in [-0.05, 0) is 28.3 Å². The van der Waals surface area contributed by atoms with Crippen molar-refractivity contribution in [3.05, 3.63) is 58.4 Å². The summed E-state index contributed by atoms with van der Waals surface area (Å²) in [6.07, 6.45) is 0. The lowest BCUT2D eigenvalue weighted by atomic mass is 9.87. The van der Waals surface area contributed by atoms with Crippen molar-refractivity contribution in [3.8, 4) is 0 Å². The van der Waals surface area contributed by atoms with E-state index < -0.39 is 0 Å². The predicted octanol–water partition coefficient (Wildman–Crippen LogP) is 4.24. The number of benzene rings is 2. The highest BCUT2D eigenvalue weighted by atomic mass is 16.4. The van der Waals surface area contributed by atoms with Gasteiger partial charge in [-0.1, -0.05) is 51.1 Å². The Morgan fingerprint density at radius 3 is 2.42 bits per heavy atom. The van der Waals surface area contributed by atoms with Crippen LogP contribution >= 0.6 is 0 Å². The minimum absolute atomic E-state index is 0.217. The summed E-state index contributed by atoms with van der Waals surface area (Å²) < 4.78 is 5.47. The van der Waals surface area contributed by atoms with Gasteiger partial charge in [-0.2, -0.15) is 0 Å². The van der Waals surface area contributed by atoms with Crippen LogP contribution < -0.4 is 5.63 Å². The van der Waals surface area contributed by atoms with Crippen molar-refractivity contribution < 1.29 is 4.42 Å². The fourth-order valence-electron chi connectivity index (χ4n) is 2.39. The normalized spacial score (nSPS) is 12.2. The highest BCUT2D eigenvalue weighted by Gasteiger charge is 2.20. The molecule has 3 aromatic rings. The van der Waals surface area contributed by atoms with Crippen molar-refractivity contribution in [3.63, 3.8) is 0 Å². The van der Waals surface area contributed by atoms with Gasteiger partial charge in [0.25, 0.3) is 0 Å². The maximum Gasteiger partial charge on any atom is 0.339 e. The molecule has 96 valence electrons. The Labute approximate surface area is 111 Å². The lowest BCUT2D eigenvalue weighted by Crippen LogP contribution is -2.21. The van der Waals surface area contributed by atoms with E-state index in [1.54, 1.807) is 0 Å². The van der Waals surface area contributed by atoms with E-state index >= 15 is 0 Å². The van der Waals surface area contributed by atoms with Crippen LogP contribution in [0.1, 0.15) is 26.3 Å². The molecule has 0 radical (unpaired) electrons. The fourth-order valence-corrected chi connectivity index (χ4v) is 2.39. The number of hydrogen-bond donors (Lipinski definition) is 0. The SMILES string of the molecule is CC(C)(C)c1cc2c(ccc3ccccc32)oc1=O. The molecule has 0 saturated heterocycles. The molecule has 0 aliphatic rings. The molecular weight excluding hydrogens is 236 g/mol. The number of hydrogen-bond acceptors (Lipinski definition) is 2. The molecule has 0 unspecified atom stereocenters. The summed E-state index contributed by atoms with van der Waals surface area (Å²) in [6, 6.07) is 14.0. The molecule has 1 heterocycles. The second-order valence-electron chi connectivity index (χ2n) is 5.90.